The Kier molecular flexibility index (Phi) is 10.1. The fraction of sp³-hybridized carbons (Fsp3) is 0.333. The number of hydrogen-bond acceptors (Lipinski definition) is 8. The Labute approximate surface area is 227 Å². The number of sulfonamides is 1. The fourth-order valence-electron chi connectivity index (χ4n) is 3.94. The fourth-order valence-corrected chi connectivity index (χ4v) is 5.22. The maximum absolute atomic E-state index is 13.2. The number of pyridine rings is 1. The molecule has 2 atom stereocenters. The molecule has 208 valence electrons. The summed E-state index contributed by atoms with van der Waals surface area (Å²) in [5.41, 5.74) is 1.07. The second kappa shape index (κ2) is 13.3. The highest BCUT2D eigenvalue weighted by atomic mass is 32.2. The van der Waals surface area contributed by atoms with Gasteiger partial charge in [-0.3, -0.25) is 14.6 Å². The molecule has 3 N–H and O–H groups in total. The van der Waals surface area contributed by atoms with Gasteiger partial charge in [-0.25, -0.2) is 13.1 Å². The number of likely N-dealkylation sites (N-methyl/N-ethyl adjacent to an activating group) is 1. The first kappa shape index (κ1) is 29.7. The average molecular weight is 557 g/mol. The van der Waals surface area contributed by atoms with Crippen LogP contribution in [0.25, 0.3) is 10.8 Å². The molecule has 12 heteroatoms. The lowest BCUT2D eigenvalue weighted by molar-refractivity contribution is -0.138. The van der Waals surface area contributed by atoms with Gasteiger partial charge in [0.05, 0.1) is 12.5 Å². The minimum Gasteiger partial charge on any atom is -0.489 e. The summed E-state index contributed by atoms with van der Waals surface area (Å²) in [5.74, 6) is -1.86. The summed E-state index contributed by atoms with van der Waals surface area (Å²) in [5, 5.41) is 13.7. The summed E-state index contributed by atoms with van der Waals surface area (Å²) in [6.07, 6.45) is 2.80. The van der Waals surface area contributed by atoms with E-state index in [1.54, 1.807) is 19.3 Å². The van der Waals surface area contributed by atoms with Crippen LogP contribution in [0.15, 0.2) is 59.8 Å². The number of rotatable bonds is 14. The second-order valence-corrected chi connectivity index (χ2v) is 11.0. The molecule has 3 aromatic rings. The van der Waals surface area contributed by atoms with Gasteiger partial charge in [-0.15, -0.1) is 0 Å². The van der Waals surface area contributed by atoms with Gasteiger partial charge in [0.25, 0.3) is 5.91 Å². The van der Waals surface area contributed by atoms with Crippen LogP contribution in [0.5, 0.6) is 5.75 Å². The Morgan fingerprint density at radius 3 is 2.59 bits per heavy atom. The van der Waals surface area contributed by atoms with Crippen molar-refractivity contribution in [1.82, 2.24) is 19.9 Å². The van der Waals surface area contributed by atoms with Crippen molar-refractivity contribution in [1.29, 1.82) is 0 Å². The van der Waals surface area contributed by atoms with Gasteiger partial charge in [0.2, 0.25) is 10.0 Å². The van der Waals surface area contributed by atoms with Crippen LogP contribution in [0.2, 0.25) is 0 Å². The molecule has 0 aliphatic rings. The third-order valence-corrected chi connectivity index (χ3v) is 7.32. The molecule has 0 aliphatic carbocycles. The van der Waals surface area contributed by atoms with Crippen LogP contribution in [0.3, 0.4) is 0 Å². The number of benzene rings is 2. The highest BCUT2D eigenvalue weighted by Gasteiger charge is 2.27. The number of fused-ring (bicyclic) bond motifs is 1. The predicted molar refractivity (Wildman–Crippen MR) is 145 cm³/mol. The van der Waals surface area contributed by atoms with Gasteiger partial charge in [-0.1, -0.05) is 24.3 Å². The minimum atomic E-state index is -4.39. The number of aldehydes is 1. The Hall–Kier alpha value is -3.87. The smallest absolute Gasteiger partial charge is 0.305 e. The van der Waals surface area contributed by atoms with E-state index < -0.39 is 40.5 Å². The molecule has 0 fully saturated rings. The number of carbonyl (C=O) groups is 3. The summed E-state index contributed by atoms with van der Waals surface area (Å²) in [6.45, 7) is 2.75. The van der Waals surface area contributed by atoms with Gasteiger partial charge < -0.3 is 24.9 Å². The van der Waals surface area contributed by atoms with Gasteiger partial charge in [0.15, 0.2) is 0 Å². The van der Waals surface area contributed by atoms with Crippen molar-refractivity contribution >= 4 is 39.0 Å². The number of carboxylic acid groups (broad SMARTS) is 1. The van der Waals surface area contributed by atoms with E-state index in [0.29, 0.717) is 19.5 Å². The molecule has 2 aromatic carbocycles. The Morgan fingerprint density at radius 2 is 1.90 bits per heavy atom. The van der Waals surface area contributed by atoms with Crippen LogP contribution in [0, 0.1) is 0 Å². The SMILES string of the molecule is CC(Cc1cncc2ccccc12)Oc1cc(C(=O)NCCN(C)C)ccc1S(=O)(=O)N[C@H](C=O)CC(=O)O. The predicted octanol–water partition coefficient (Wildman–Crippen LogP) is 1.86. The standard InChI is InChI=1S/C27H32N4O7S/c1-18(12-21-16-28-15-20-6-4-5-7-23(20)21)38-24-13-19(27(35)29-10-11-31(2)3)8-9-25(24)39(36,37)30-22(17-32)14-26(33)34/h4-9,13,15-18,22,30H,10-12,14H2,1-3H3,(H,29,35)(H,33,34)/t18?,22-/m0/s1. The molecule has 0 saturated heterocycles. The molecule has 1 aromatic heterocycles. The third kappa shape index (κ3) is 8.31. The molecule has 1 amide bonds. The van der Waals surface area contributed by atoms with E-state index in [2.05, 4.69) is 15.0 Å². The molecular formula is C27H32N4O7S. The first-order valence-electron chi connectivity index (χ1n) is 12.2. The number of amides is 1. The van der Waals surface area contributed by atoms with E-state index in [9.17, 15) is 22.8 Å². The summed E-state index contributed by atoms with van der Waals surface area (Å²) in [4.78, 5) is 41.0. The summed E-state index contributed by atoms with van der Waals surface area (Å²) in [7, 11) is -0.653. The molecule has 1 heterocycles. The molecule has 0 spiro atoms. The number of aliphatic carboxylic acids is 1. The third-order valence-electron chi connectivity index (χ3n) is 5.79. The lowest BCUT2D eigenvalue weighted by Gasteiger charge is -2.20. The number of hydrogen-bond donors (Lipinski definition) is 3. The van der Waals surface area contributed by atoms with Crippen LogP contribution in [-0.2, 0) is 26.0 Å². The lowest BCUT2D eigenvalue weighted by Crippen LogP contribution is -2.38. The molecule has 1 unspecified atom stereocenters. The molecule has 11 nitrogen and oxygen atoms in total. The van der Waals surface area contributed by atoms with Crippen molar-refractivity contribution < 1.29 is 32.6 Å². The molecule has 0 radical (unpaired) electrons. The van der Waals surface area contributed by atoms with Gasteiger partial charge in [-0.05, 0) is 50.2 Å². The van der Waals surface area contributed by atoms with Crippen molar-refractivity contribution in [2.75, 3.05) is 27.2 Å². The van der Waals surface area contributed by atoms with Crippen LogP contribution >= 0.6 is 0 Å². The maximum Gasteiger partial charge on any atom is 0.305 e. The first-order valence-corrected chi connectivity index (χ1v) is 13.7. The number of carboxylic acids is 1. The number of carbonyl (C=O) groups excluding carboxylic acids is 2. The zero-order valence-electron chi connectivity index (χ0n) is 22.0. The zero-order valence-corrected chi connectivity index (χ0v) is 22.8. The molecule has 0 aliphatic heterocycles. The van der Waals surface area contributed by atoms with Crippen molar-refractivity contribution in [2.45, 2.75) is 36.8 Å². The maximum atomic E-state index is 13.2. The van der Waals surface area contributed by atoms with Crippen LogP contribution < -0.4 is 14.8 Å². The molecule has 0 bridgehead atoms. The van der Waals surface area contributed by atoms with Gasteiger partial charge in [0.1, 0.15) is 23.0 Å². The number of nitrogens with one attached hydrogen (secondary N) is 2. The Balaban J connectivity index is 1.93. The monoisotopic (exact) mass is 556 g/mol. The number of aromatic nitrogens is 1. The van der Waals surface area contributed by atoms with Crippen molar-refractivity contribution in [3.05, 3.63) is 66.0 Å². The van der Waals surface area contributed by atoms with E-state index in [1.807, 2.05) is 43.3 Å². The topological polar surface area (TPSA) is 155 Å². The van der Waals surface area contributed by atoms with E-state index in [4.69, 9.17) is 9.84 Å². The van der Waals surface area contributed by atoms with Crippen LogP contribution in [0.1, 0.15) is 29.3 Å². The van der Waals surface area contributed by atoms with Crippen molar-refractivity contribution in [2.24, 2.45) is 0 Å². The van der Waals surface area contributed by atoms with Gasteiger partial charge >= 0.3 is 5.97 Å². The van der Waals surface area contributed by atoms with E-state index in [0.717, 1.165) is 16.3 Å². The molecule has 0 saturated carbocycles. The zero-order chi connectivity index (χ0) is 28.6. The molecule has 39 heavy (non-hydrogen) atoms. The normalized spacial score (nSPS) is 13.1. The summed E-state index contributed by atoms with van der Waals surface area (Å²) in [6, 6.07) is 10.1. The van der Waals surface area contributed by atoms with Crippen molar-refractivity contribution in [3.63, 3.8) is 0 Å². The first-order chi connectivity index (χ1) is 18.5. The minimum absolute atomic E-state index is 0.108. The van der Waals surface area contributed by atoms with Crippen LogP contribution in [0.4, 0.5) is 0 Å². The summed E-state index contributed by atoms with van der Waals surface area (Å²) >= 11 is 0. The molecular weight excluding hydrogens is 524 g/mol. The Morgan fingerprint density at radius 1 is 1.15 bits per heavy atom. The van der Waals surface area contributed by atoms with Crippen molar-refractivity contribution in [3.8, 4) is 5.75 Å². The van der Waals surface area contributed by atoms with E-state index in [-0.39, 0.29) is 22.5 Å². The summed E-state index contributed by atoms with van der Waals surface area (Å²) < 4.78 is 34.6. The van der Waals surface area contributed by atoms with Gasteiger partial charge in [0, 0.05) is 42.9 Å². The van der Waals surface area contributed by atoms with E-state index >= 15 is 0 Å². The molecule has 3 rings (SSSR count). The highest BCUT2D eigenvalue weighted by molar-refractivity contribution is 7.89. The Bertz CT molecular complexity index is 1440. The average Bonchev–Trinajstić information content (AvgIpc) is 2.87. The number of ether oxygens (including phenoxy) is 1. The highest BCUT2D eigenvalue weighted by Crippen LogP contribution is 2.28. The lowest BCUT2D eigenvalue weighted by atomic mass is 10.0. The van der Waals surface area contributed by atoms with Gasteiger partial charge in [-0.2, -0.15) is 0 Å². The quantitative estimate of drug-likeness (QED) is 0.252. The van der Waals surface area contributed by atoms with E-state index in [1.165, 1.54) is 18.2 Å². The number of nitrogens with zero attached hydrogens (tertiary/aromatic N) is 2. The second-order valence-electron chi connectivity index (χ2n) is 9.33. The van der Waals surface area contributed by atoms with Crippen LogP contribution in [-0.4, -0.2) is 80.9 Å². The largest absolute Gasteiger partial charge is 0.489 e.